The third-order valence-electron chi connectivity index (χ3n) is 4.38. The Hall–Kier alpha value is -3.49. The fourth-order valence-electron chi connectivity index (χ4n) is 3.10. The zero-order valence-corrected chi connectivity index (χ0v) is 13.8. The molecule has 2 aromatic heterocycles. The van der Waals surface area contributed by atoms with Crippen LogP contribution in [0.15, 0.2) is 48.7 Å². The number of hydrogen-bond donors (Lipinski definition) is 1. The van der Waals surface area contributed by atoms with Gasteiger partial charge in [-0.05, 0) is 29.5 Å². The molecule has 1 aliphatic heterocycles. The Bertz CT molecular complexity index is 971. The Morgan fingerprint density at radius 1 is 1.23 bits per heavy atom. The van der Waals surface area contributed by atoms with E-state index in [-0.39, 0.29) is 17.8 Å². The molecule has 132 valence electrons. The first-order valence-electron chi connectivity index (χ1n) is 8.22. The first-order chi connectivity index (χ1) is 12.6. The predicted molar refractivity (Wildman–Crippen MR) is 94.0 cm³/mol. The van der Waals surface area contributed by atoms with Crippen molar-refractivity contribution in [2.24, 2.45) is 0 Å². The number of aromatic nitrogens is 3. The Kier molecular flexibility index (Phi) is 3.96. The highest BCUT2D eigenvalue weighted by Crippen LogP contribution is 2.19. The van der Waals surface area contributed by atoms with Crippen LogP contribution in [0.4, 0.5) is 11.6 Å². The van der Waals surface area contributed by atoms with E-state index in [1.807, 2.05) is 18.2 Å². The number of carbonyl (C=O) groups is 1. The van der Waals surface area contributed by atoms with E-state index in [9.17, 15) is 14.9 Å². The molecule has 0 bridgehead atoms. The molecule has 1 amide bonds. The molecule has 3 aromatic rings. The third kappa shape index (κ3) is 2.94. The predicted octanol–water partition coefficient (Wildman–Crippen LogP) is 1.96. The lowest BCUT2D eigenvalue weighted by atomic mass is 10.2. The van der Waals surface area contributed by atoms with E-state index in [0.29, 0.717) is 30.1 Å². The smallest absolute Gasteiger partial charge is 0.362 e. The second kappa shape index (κ2) is 6.43. The fraction of sp³-hybridized carbons (Fsp3) is 0.235. The van der Waals surface area contributed by atoms with Gasteiger partial charge < -0.3 is 20.3 Å². The van der Waals surface area contributed by atoms with Gasteiger partial charge in [-0.1, -0.05) is 27.8 Å². The van der Waals surface area contributed by atoms with Crippen LogP contribution in [0.25, 0.3) is 5.65 Å². The standard InChI is InChI=1S/C17H16N6O3/c24-17(12-4-2-1-3-5-12)21-9-8-13(11-21)19-14-6-7-15-18-10-16(23(25)26)22(15)20-14/h1-7,10,13H,8-9,11H2,(H,19,20). The number of carbonyl (C=O) groups excluding carboxylic acids is 1. The summed E-state index contributed by atoms with van der Waals surface area (Å²) >= 11 is 0. The summed E-state index contributed by atoms with van der Waals surface area (Å²) in [4.78, 5) is 28.8. The van der Waals surface area contributed by atoms with Crippen molar-refractivity contribution in [2.75, 3.05) is 18.4 Å². The Morgan fingerprint density at radius 3 is 2.81 bits per heavy atom. The molecule has 3 heterocycles. The van der Waals surface area contributed by atoms with Crippen molar-refractivity contribution >= 4 is 23.2 Å². The second-order valence-electron chi connectivity index (χ2n) is 6.11. The van der Waals surface area contributed by atoms with Crippen molar-refractivity contribution in [1.29, 1.82) is 0 Å². The van der Waals surface area contributed by atoms with Gasteiger partial charge in [0.2, 0.25) is 5.65 Å². The minimum Gasteiger partial charge on any atom is -0.362 e. The molecule has 9 heteroatoms. The molecule has 0 spiro atoms. The maximum atomic E-state index is 12.5. The molecule has 0 saturated carbocycles. The van der Waals surface area contributed by atoms with E-state index in [0.717, 1.165) is 6.42 Å². The van der Waals surface area contributed by atoms with Crippen molar-refractivity contribution in [3.05, 3.63) is 64.3 Å². The number of hydrogen-bond acceptors (Lipinski definition) is 6. The van der Waals surface area contributed by atoms with Crippen LogP contribution in [0.3, 0.4) is 0 Å². The van der Waals surface area contributed by atoms with Gasteiger partial charge >= 0.3 is 5.82 Å². The fourth-order valence-corrected chi connectivity index (χ4v) is 3.10. The Balaban J connectivity index is 1.47. The monoisotopic (exact) mass is 352 g/mol. The molecule has 26 heavy (non-hydrogen) atoms. The lowest BCUT2D eigenvalue weighted by Crippen LogP contribution is -2.31. The molecule has 1 aliphatic rings. The van der Waals surface area contributed by atoms with Crippen molar-refractivity contribution in [3.63, 3.8) is 0 Å². The topological polar surface area (TPSA) is 106 Å². The molecular weight excluding hydrogens is 336 g/mol. The van der Waals surface area contributed by atoms with Gasteiger partial charge in [0.05, 0.1) is 0 Å². The highest BCUT2D eigenvalue weighted by atomic mass is 16.6. The van der Waals surface area contributed by atoms with Gasteiger partial charge in [-0.2, -0.15) is 0 Å². The quantitative estimate of drug-likeness (QED) is 0.568. The number of anilines is 1. The van der Waals surface area contributed by atoms with Crippen molar-refractivity contribution < 1.29 is 9.72 Å². The van der Waals surface area contributed by atoms with E-state index >= 15 is 0 Å². The van der Waals surface area contributed by atoms with Crippen molar-refractivity contribution in [2.45, 2.75) is 12.5 Å². The van der Waals surface area contributed by atoms with E-state index in [1.54, 1.807) is 29.2 Å². The minimum atomic E-state index is -0.521. The number of imidazole rings is 1. The van der Waals surface area contributed by atoms with Gasteiger partial charge in [-0.25, -0.2) is 4.98 Å². The SMILES string of the molecule is O=C(c1ccccc1)N1CCC(Nc2ccc3ncc([N+](=O)[O-])n3n2)C1. The normalized spacial score (nSPS) is 16.8. The highest BCUT2D eigenvalue weighted by Gasteiger charge is 2.27. The molecule has 1 aromatic carbocycles. The summed E-state index contributed by atoms with van der Waals surface area (Å²) in [5.74, 6) is 0.331. The molecule has 1 N–H and O–H groups in total. The summed E-state index contributed by atoms with van der Waals surface area (Å²) in [7, 11) is 0. The number of nitro groups is 1. The average molecular weight is 352 g/mol. The number of amides is 1. The third-order valence-corrected chi connectivity index (χ3v) is 4.38. The van der Waals surface area contributed by atoms with Crippen molar-refractivity contribution in [1.82, 2.24) is 19.5 Å². The van der Waals surface area contributed by atoms with E-state index in [2.05, 4.69) is 15.4 Å². The van der Waals surface area contributed by atoms with E-state index in [1.165, 1.54) is 10.7 Å². The number of benzene rings is 1. The molecule has 1 unspecified atom stereocenters. The first kappa shape index (κ1) is 16.0. The summed E-state index contributed by atoms with van der Waals surface area (Å²) in [5.41, 5.74) is 1.08. The van der Waals surface area contributed by atoms with Gasteiger partial charge in [0, 0.05) is 30.8 Å². The second-order valence-corrected chi connectivity index (χ2v) is 6.11. The summed E-state index contributed by atoms with van der Waals surface area (Å²) in [6.45, 7) is 1.21. The van der Waals surface area contributed by atoms with Crippen LogP contribution in [-0.2, 0) is 0 Å². The van der Waals surface area contributed by atoms with Crippen LogP contribution in [0.5, 0.6) is 0 Å². The number of nitrogens with zero attached hydrogens (tertiary/aromatic N) is 5. The summed E-state index contributed by atoms with van der Waals surface area (Å²) in [6, 6.07) is 12.6. The molecule has 4 rings (SSSR count). The summed E-state index contributed by atoms with van der Waals surface area (Å²) in [6.07, 6.45) is 1.96. The molecule has 9 nitrogen and oxygen atoms in total. The lowest BCUT2D eigenvalue weighted by molar-refractivity contribution is -0.391. The van der Waals surface area contributed by atoms with Crippen LogP contribution in [0, 0.1) is 10.1 Å². The molecule has 1 fully saturated rings. The number of fused-ring (bicyclic) bond motifs is 1. The highest BCUT2D eigenvalue weighted by molar-refractivity contribution is 5.94. The van der Waals surface area contributed by atoms with Gasteiger partial charge in [0.1, 0.15) is 6.20 Å². The zero-order valence-electron chi connectivity index (χ0n) is 13.8. The maximum Gasteiger partial charge on any atom is 0.368 e. The molecule has 1 atom stereocenters. The molecule has 0 aliphatic carbocycles. The Labute approximate surface area is 148 Å². The largest absolute Gasteiger partial charge is 0.368 e. The molecular formula is C17H16N6O3. The molecule has 1 saturated heterocycles. The average Bonchev–Trinajstić information content (AvgIpc) is 3.28. The van der Waals surface area contributed by atoms with Crippen molar-refractivity contribution in [3.8, 4) is 0 Å². The van der Waals surface area contributed by atoms with Gasteiger partial charge in [0.15, 0.2) is 5.82 Å². The lowest BCUT2D eigenvalue weighted by Gasteiger charge is -2.17. The van der Waals surface area contributed by atoms with E-state index < -0.39 is 4.92 Å². The summed E-state index contributed by atoms with van der Waals surface area (Å²) in [5, 5.41) is 18.5. The number of likely N-dealkylation sites (tertiary alicyclic amines) is 1. The minimum absolute atomic E-state index is 0.00330. The van der Waals surface area contributed by atoms with Crippen LogP contribution in [-0.4, -0.2) is 49.5 Å². The van der Waals surface area contributed by atoms with Crippen LogP contribution < -0.4 is 5.32 Å². The van der Waals surface area contributed by atoms with Gasteiger partial charge in [-0.15, -0.1) is 0 Å². The first-order valence-corrected chi connectivity index (χ1v) is 8.22. The van der Waals surface area contributed by atoms with Gasteiger partial charge in [0.25, 0.3) is 5.91 Å². The number of rotatable bonds is 4. The Morgan fingerprint density at radius 2 is 2.04 bits per heavy atom. The van der Waals surface area contributed by atoms with E-state index in [4.69, 9.17) is 0 Å². The van der Waals surface area contributed by atoms with Crippen LogP contribution in [0.1, 0.15) is 16.8 Å². The zero-order chi connectivity index (χ0) is 18.1. The maximum absolute atomic E-state index is 12.5. The number of nitrogens with one attached hydrogen (secondary N) is 1. The molecule has 0 radical (unpaired) electrons. The van der Waals surface area contributed by atoms with Crippen LogP contribution >= 0.6 is 0 Å². The summed E-state index contributed by atoms with van der Waals surface area (Å²) < 4.78 is 1.20. The van der Waals surface area contributed by atoms with Gasteiger partial charge in [-0.3, -0.25) is 4.79 Å². The van der Waals surface area contributed by atoms with Crippen LogP contribution in [0.2, 0.25) is 0 Å².